The number of nitrogens with one attached hydrogen (secondary N) is 1. The van der Waals surface area contributed by atoms with Gasteiger partial charge < -0.3 is 5.32 Å². The number of anilines is 1. The van der Waals surface area contributed by atoms with E-state index in [4.69, 9.17) is 0 Å². The standard InChI is InChI=1S/C17H16FN3O3S3/c18-12-3-4-13-14(10-12)26-17(19-13)20-16(22)11-5-7-21(8-6-11)27(23,24)15-2-1-9-25-15/h1-4,9-11H,5-8H2,(H,19,20,22). The van der Waals surface area contributed by atoms with Crippen LogP contribution in [0.25, 0.3) is 10.2 Å². The lowest BCUT2D eigenvalue weighted by atomic mass is 9.97. The second kappa shape index (κ2) is 7.27. The van der Waals surface area contributed by atoms with E-state index in [0.29, 0.717) is 45.5 Å². The Hall–Kier alpha value is -1.88. The van der Waals surface area contributed by atoms with Gasteiger partial charge in [-0.3, -0.25) is 4.79 Å². The van der Waals surface area contributed by atoms with Crippen molar-refractivity contribution >= 4 is 54.0 Å². The van der Waals surface area contributed by atoms with Gasteiger partial charge in [-0.2, -0.15) is 4.31 Å². The Morgan fingerprint density at radius 1 is 1.26 bits per heavy atom. The van der Waals surface area contributed by atoms with Gasteiger partial charge in [-0.25, -0.2) is 17.8 Å². The maximum absolute atomic E-state index is 13.3. The first-order valence-electron chi connectivity index (χ1n) is 8.34. The number of hydrogen-bond acceptors (Lipinski definition) is 6. The van der Waals surface area contributed by atoms with E-state index in [0.717, 1.165) is 0 Å². The Morgan fingerprint density at radius 3 is 2.74 bits per heavy atom. The average Bonchev–Trinajstić information content (AvgIpc) is 3.31. The van der Waals surface area contributed by atoms with Crippen LogP contribution in [0.2, 0.25) is 0 Å². The predicted molar refractivity (Wildman–Crippen MR) is 104 cm³/mol. The zero-order chi connectivity index (χ0) is 19.0. The summed E-state index contributed by atoms with van der Waals surface area (Å²) in [5, 5.41) is 4.94. The number of nitrogens with zero attached hydrogens (tertiary/aromatic N) is 2. The lowest BCUT2D eigenvalue weighted by molar-refractivity contribution is -0.120. The molecule has 2 aromatic heterocycles. The molecule has 0 unspecified atom stereocenters. The Kier molecular flexibility index (Phi) is 4.97. The van der Waals surface area contributed by atoms with Crippen LogP contribution in [0.3, 0.4) is 0 Å². The molecule has 3 aromatic rings. The first-order chi connectivity index (χ1) is 12.9. The van der Waals surface area contributed by atoms with Crippen molar-refractivity contribution < 1.29 is 17.6 Å². The molecule has 1 aliphatic rings. The maximum atomic E-state index is 13.3. The molecule has 0 atom stereocenters. The number of amides is 1. The predicted octanol–water partition coefficient (Wildman–Crippen LogP) is 3.54. The van der Waals surface area contributed by atoms with Crippen molar-refractivity contribution in [2.75, 3.05) is 18.4 Å². The largest absolute Gasteiger partial charge is 0.302 e. The first-order valence-corrected chi connectivity index (χ1v) is 11.5. The topological polar surface area (TPSA) is 79.4 Å². The number of carbonyl (C=O) groups is 1. The summed E-state index contributed by atoms with van der Waals surface area (Å²) in [6.07, 6.45) is 0.909. The summed E-state index contributed by atoms with van der Waals surface area (Å²) in [7, 11) is -3.47. The van der Waals surface area contributed by atoms with E-state index < -0.39 is 10.0 Å². The summed E-state index contributed by atoms with van der Waals surface area (Å²) < 4.78 is 40.8. The number of thiophene rings is 1. The highest BCUT2D eigenvalue weighted by molar-refractivity contribution is 7.91. The summed E-state index contributed by atoms with van der Waals surface area (Å²) in [4.78, 5) is 16.8. The number of fused-ring (bicyclic) bond motifs is 1. The lowest BCUT2D eigenvalue weighted by Gasteiger charge is -2.29. The van der Waals surface area contributed by atoms with Crippen LogP contribution in [0.4, 0.5) is 9.52 Å². The number of halogens is 1. The molecule has 3 heterocycles. The Balaban J connectivity index is 1.39. The molecular formula is C17H16FN3O3S3. The molecule has 1 N–H and O–H groups in total. The molecule has 0 radical (unpaired) electrons. The third kappa shape index (κ3) is 3.75. The minimum absolute atomic E-state index is 0.178. The molecule has 6 nitrogen and oxygen atoms in total. The molecule has 10 heteroatoms. The third-order valence-electron chi connectivity index (χ3n) is 4.49. The number of carbonyl (C=O) groups excluding carboxylic acids is 1. The second-order valence-corrected chi connectivity index (χ2v) is 10.4. The molecular weight excluding hydrogens is 409 g/mol. The van der Waals surface area contributed by atoms with Crippen molar-refractivity contribution in [3.05, 3.63) is 41.5 Å². The van der Waals surface area contributed by atoms with Crippen LogP contribution < -0.4 is 5.32 Å². The van der Waals surface area contributed by atoms with E-state index in [1.807, 2.05) is 0 Å². The highest BCUT2D eigenvalue weighted by Gasteiger charge is 2.32. The van der Waals surface area contributed by atoms with Gasteiger partial charge in [0.1, 0.15) is 10.0 Å². The summed E-state index contributed by atoms with van der Waals surface area (Å²) in [6.45, 7) is 0.618. The van der Waals surface area contributed by atoms with Crippen LogP contribution in [-0.4, -0.2) is 36.7 Å². The highest BCUT2D eigenvalue weighted by Crippen LogP contribution is 2.29. The summed E-state index contributed by atoms with van der Waals surface area (Å²) in [5.41, 5.74) is 0.633. The highest BCUT2D eigenvalue weighted by atomic mass is 32.2. The van der Waals surface area contributed by atoms with E-state index in [1.165, 1.54) is 39.1 Å². The fraction of sp³-hybridized carbons (Fsp3) is 0.294. The number of aromatic nitrogens is 1. The van der Waals surface area contributed by atoms with Gasteiger partial charge in [0.15, 0.2) is 5.13 Å². The Labute approximate surface area is 163 Å². The Bertz CT molecular complexity index is 1070. The first kappa shape index (κ1) is 18.5. The number of thiazole rings is 1. The molecule has 0 aliphatic carbocycles. The van der Waals surface area contributed by atoms with Crippen molar-refractivity contribution in [2.45, 2.75) is 17.1 Å². The molecule has 142 valence electrons. The van der Waals surface area contributed by atoms with Crippen LogP contribution in [0.15, 0.2) is 39.9 Å². The van der Waals surface area contributed by atoms with Crippen LogP contribution in [0, 0.1) is 11.7 Å². The van der Waals surface area contributed by atoms with Gasteiger partial charge in [-0.05, 0) is 42.5 Å². The molecule has 0 spiro atoms. The summed E-state index contributed by atoms with van der Waals surface area (Å²) in [5.74, 6) is -0.797. The van der Waals surface area contributed by atoms with Crippen LogP contribution >= 0.6 is 22.7 Å². The van der Waals surface area contributed by atoms with Crippen LogP contribution in [0.1, 0.15) is 12.8 Å². The molecule has 27 heavy (non-hydrogen) atoms. The zero-order valence-electron chi connectivity index (χ0n) is 14.1. The smallest absolute Gasteiger partial charge is 0.252 e. The third-order valence-corrected chi connectivity index (χ3v) is 8.70. The molecule has 1 aromatic carbocycles. The van der Waals surface area contributed by atoms with Gasteiger partial charge in [0.25, 0.3) is 10.0 Å². The normalized spacial score (nSPS) is 16.6. The zero-order valence-corrected chi connectivity index (χ0v) is 16.5. The number of benzene rings is 1. The van der Waals surface area contributed by atoms with Crippen molar-refractivity contribution in [2.24, 2.45) is 5.92 Å². The molecule has 1 aliphatic heterocycles. The lowest BCUT2D eigenvalue weighted by Crippen LogP contribution is -2.41. The number of sulfonamides is 1. The fourth-order valence-electron chi connectivity index (χ4n) is 3.06. The minimum Gasteiger partial charge on any atom is -0.302 e. The van der Waals surface area contributed by atoms with Gasteiger partial charge in [0.2, 0.25) is 5.91 Å². The van der Waals surface area contributed by atoms with E-state index in [1.54, 1.807) is 23.6 Å². The van der Waals surface area contributed by atoms with Crippen molar-refractivity contribution in [3.63, 3.8) is 0 Å². The van der Waals surface area contributed by atoms with E-state index in [9.17, 15) is 17.6 Å². The van der Waals surface area contributed by atoms with Crippen molar-refractivity contribution in [1.29, 1.82) is 0 Å². The van der Waals surface area contributed by atoms with Gasteiger partial charge in [0.05, 0.1) is 10.2 Å². The molecule has 4 rings (SSSR count). The van der Waals surface area contributed by atoms with Crippen molar-refractivity contribution in [3.8, 4) is 0 Å². The van der Waals surface area contributed by atoms with Gasteiger partial charge >= 0.3 is 0 Å². The van der Waals surface area contributed by atoms with Crippen LogP contribution in [0.5, 0.6) is 0 Å². The van der Waals surface area contributed by atoms with Gasteiger partial charge in [-0.15, -0.1) is 11.3 Å². The Morgan fingerprint density at radius 2 is 2.04 bits per heavy atom. The van der Waals surface area contributed by atoms with Gasteiger partial charge in [0, 0.05) is 19.0 Å². The maximum Gasteiger partial charge on any atom is 0.252 e. The average molecular weight is 426 g/mol. The van der Waals surface area contributed by atoms with E-state index in [2.05, 4.69) is 10.3 Å². The number of piperidine rings is 1. The summed E-state index contributed by atoms with van der Waals surface area (Å²) in [6, 6.07) is 7.59. The SMILES string of the molecule is O=C(Nc1nc2ccc(F)cc2s1)C1CCN(S(=O)(=O)c2cccs2)CC1. The van der Waals surface area contributed by atoms with Crippen LogP contribution in [-0.2, 0) is 14.8 Å². The van der Waals surface area contributed by atoms with Gasteiger partial charge in [-0.1, -0.05) is 17.4 Å². The monoisotopic (exact) mass is 425 g/mol. The molecule has 1 amide bonds. The summed E-state index contributed by atoms with van der Waals surface area (Å²) >= 11 is 2.41. The minimum atomic E-state index is -3.47. The molecule has 0 bridgehead atoms. The number of rotatable bonds is 4. The fourth-order valence-corrected chi connectivity index (χ4v) is 6.56. The molecule has 1 fully saturated rings. The number of hydrogen-bond donors (Lipinski definition) is 1. The molecule has 1 saturated heterocycles. The second-order valence-electron chi connectivity index (χ2n) is 6.23. The van der Waals surface area contributed by atoms with Crippen molar-refractivity contribution in [1.82, 2.24) is 9.29 Å². The van der Waals surface area contributed by atoms with E-state index >= 15 is 0 Å². The molecule has 0 saturated carbocycles. The van der Waals surface area contributed by atoms with E-state index in [-0.39, 0.29) is 17.6 Å². The quantitative estimate of drug-likeness (QED) is 0.693.